The van der Waals surface area contributed by atoms with Gasteiger partial charge in [0.05, 0.1) is 4.90 Å². The molecular formula is C24H30N4O3S. The molecule has 1 aromatic heterocycles. The maximum Gasteiger partial charge on any atom is 0.321 e. The van der Waals surface area contributed by atoms with Crippen molar-refractivity contribution >= 4 is 32.6 Å². The number of sulfonamides is 1. The molecule has 1 aliphatic heterocycles. The Morgan fingerprint density at radius 1 is 0.969 bits per heavy atom. The normalized spacial score (nSPS) is 15.7. The number of carbonyl (C=O) groups is 1. The second-order valence-electron chi connectivity index (χ2n) is 8.30. The van der Waals surface area contributed by atoms with Crippen LogP contribution in [0.15, 0.2) is 53.6 Å². The molecule has 0 atom stereocenters. The summed E-state index contributed by atoms with van der Waals surface area (Å²) in [6.07, 6.45) is 2.56. The molecule has 0 unspecified atom stereocenters. The highest BCUT2D eigenvalue weighted by atomic mass is 32.2. The first-order valence-corrected chi connectivity index (χ1v) is 12.5. The van der Waals surface area contributed by atoms with Gasteiger partial charge in [-0.2, -0.15) is 4.31 Å². The number of hydrogen-bond acceptors (Lipinski definition) is 3. The predicted molar refractivity (Wildman–Crippen MR) is 127 cm³/mol. The fourth-order valence-electron chi connectivity index (χ4n) is 4.12. The molecule has 1 saturated heterocycles. The van der Waals surface area contributed by atoms with E-state index in [2.05, 4.69) is 16.8 Å². The molecule has 3 aromatic rings. The van der Waals surface area contributed by atoms with Crippen LogP contribution in [0.4, 0.5) is 10.5 Å². The molecule has 0 aliphatic carbocycles. The van der Waals surface area contributed by atoms with Crippen LogP contribution in [-0.2, 0) is 16.6 Å². The number of anilines is 1. The average Bonchev–Trinajstić information content (AvgIpc) is 3.01. The number of hydrogen-bond donors (Lipinski definition) is 1. The lowest BCUT2D eigenvalue weighted by molar-refractivity contribution is 0.214. The van der Waals surface area contributed by atoms with E-state index in [9.17, 15) is 13.2 Å². The summed E-state index contributed by atoms with van der Waals surface area (Å²) >= 11 is 0. The van der Waals surface area contributed by atoms with Gasteiger partial charge >= 0.3 is 6.03 Å². The molecule has 4 rings (SSSR count). The van der Waals surface area contributed by atoms with Crippen molar-refractivity contribution in [2.45, 2.75) is 38.6 Å². The summed E-state index contributed by atoms with van der Waals surface area (Å²) in [5.74, 6) is 0. The molecule has 0 bridgehead atoms. The molecule has 0 radical (unpaired) electrons. The largest absolute Gasteiger partial charge is 0.348 e. The van der Waals surface area contributed by atoms with Gasteiger partial charge in [-0.3, -0.25) is 0 Å². The molecule has 1 aliphatic rings. The highest BCUT2D eigenvalue weighted by Crippen LogP contribution is 2.24. The molecule has 7 nitrogen and oxygen atoms in total. The highest BCUT2D eigenvalue weighted by Gasteiger charge is 2.28. The molecule has 2 amide bonds. The van der Waals surface area contributed by atoms with Gasteiger partial charge in [-0.25, -0.2) is 13.2 Å². The molecule has 32 heavy (non-hydrogen) atoms. The number of rotatable bonds is 4. The van der Waals surface area contributed by atoms with Gasteiger partial charge in [0, 0.05) is 55.5 Å². The van der Waals surface area contributed by atoms with Crippen molar-refractivity contribution < 1.29 is 13.2 Å². The SMILES string of the molecule is CCn1ccc2cc(S(=O)(=O)N3CCCN(C(=O)Nc4ccc(C)c(C)c4)CC3)ccc21. The van der Waals surface area contributed by atoms with Crippen molar-refractivity contribution in [1.82, 2.24) is 13.8 Å². The summed E-state index contributed by atoms with van der Waals surface area (Å²) in [5.41, 5.74) is 4.06. The summed E-state index contributed by atoms with van der Waals surface area (Å²) in [4.78, 5) is 14.8. The van der Waals surface area contributed by atoms with Crippen LogP contribution in [0.3, 0.4) is 0 Å². The van der Waals surface area contributed by atoms with Gasteiger partial charge in [0.15, 0.2) is 0 Å². The van der Waals surface area contributed by atoms with Crippen LogP contribution >= 0.6 is 0 Å². The molecule has 8 heteroatoms. The van der Waals surface area contributed by atoms with E-state index < -0.39 is 10.0 Å². The number of benzene rings is 2. The van der Waals surface area contributed by atoms with Crippen molar-refractivity contribution in [1.29, 1.82) is 0 Å². The van der Waals surface area contributed by atoms with Gasteiger partial charge in [0.2, 0.25) is 10.0 Å². The minimum atomic E-state index is -3.63. The second kappa shape index (κ2) is 8.96. The lowest BCUT2D eigenvalue weighted by atomic mass is 10.1. The fourth-order valence-corrected chi connectivity index (χ4v) is 5.63. The Balaban J connectivity index is 1.46. The lowest BCUT2D eigenvalue weighted by Crippen LogP contribution is -2.39. The Morgan fingerprint density at radius 3 is 2.53 bits per heavy atom. The lowest BCUT2D eigenvalue weighted by Gasteiger charge is -2.22. The fraction of sp³-hybridized carbons (Fsp3) is 0.375. The van der Waals surface area contributed by atoms with Crippen molar-refractivity contribution in [3.63, 3.8) is 0 Å². The van der Waals surface area contributed by atoms with E-state index in [1.165, 1.54) is 9.87 Å². The van der Waals surface area contributed by atoms with Crippen LogP contribution in [-0.4, -0.2) is 54.4 Å². The molecule has 2 heterocycles. The molecule has 1 N–H and O–H groups in total. The topological polar surface area (TPSA) is 74.7 Å². The number of aromatic nitrogens is 1. The first-order chi connectivity index (χ1) is 15.3. The van der Waals surface area contributed by atoms with E-state index in [-0.39, 0.29) is 12.6 Å². The Kier molecular flexibility index (Phi) is 6.26. The number of aryl methyl sites for hydroxylation is 3. The highest BCUT2D eigenvalue weighted by molar-refractivity contribution is 7.89. The minimum absolute atomic E-state index is 0.199. The van der Waals surface area contributed by atoms with Crippen LogP contribution in [0.25, 0.3) is 10.9 Å². The summed E-state index contributed by atoms with van der Waals surface area (Å²) in [7, 11) is -3.63. The van der Waals surface area contributed by atoms with Crippen molar-refractivity contribution in [3.8, 4) is 0 Å². The third-order valence-corrected chi connectivity index (χ3v) is 8.12. The van der Waals surface area contributed by atoms with Gasteiger partial charge in [0.25, 0.3) is 0 Å². The molecule has 0 spiro atoms. The second-order valence-corrected chi connectivity index (χ2v) is 10.2. The van der Waals surface area contributed by atoms with Gasteiger partial charge in [-0.1, -0.05) is 6.07 Å². The summed E-state index contributed by atoms with van der Waals surface area (Å²) < 4.78 is 30.2. The van der Waals surface area contributed by atoms with Crippen LogP contribution < -0.4 is 5.32 Å². The Bertz CT molecular complexity index is 1250. The molecule has 2 aromatic carbocycles. The summed E-state index contributed by atoms with van der Waals surface area (Å²) in [6, 6.07) is 12.8. The molecule has 170 valence electrons. The predicted octanol–water partition coefficient (Wildman–Crippen LogP) is 4.21. The minimum Gasteiger partial charge on any atom is -0.348 e. The maximum atomic E-state index is 13.3. The van der Waals surface area contributed by atoms with Gasteiger partial charge in [0.1, 0.15) is 0 Å². The standard InChI is InChI=1S/C24H30N4O3S/c1-4-26-13-10-20-17-22(8-9-23(20)26)32(30,31)28-12-5-11-27(14-15-28)24(29)25-21-7-6-18(2)19(3)16-21/h6-10,13,16-17H,4-5,11-12,14-15H2,1-3H3,(H,25,29). The first-order valence-electron chi connectivity index (χ1n) is 11.0. The third kappa shape index (κ3) is 4.38. The van der Waals surface area contributed by atoms with Gasteiger partial charge in [-0.15, -0.1) is 0 Å². The zero-order valence-electron chi connectivity index (χ0n) is 18.8. The number of nitrogens with one attached hydrogen (secondary N) is 1. The summed E-state index contributed by atoms with van der Waals surface area (Å²) in [5, 5.41) is 3.85. The van der Waals surface area contributed by atoms with E-state index in [1.54, 1.807) is 17.0 Å². The monoisotopic (exact) mass is 454 g/mol. The Hall–Kier alpha value is -2.84. The third-order valence-electron chi connectivity index (χ3n) is 6.22. The molecule has 0 saturated carbocycles. The van der Waals surface area contributed by atoms with Crippen LogP contribution in [0.5, 0.6) is 0 Å². The van der Waals surface area contributed by atoms with E-state index in [4.69, 9.17) is 0 Å². The summed E-state index contributed by atoms with van der Waals surface area (Å²) in [6.45, 7) is 8.47. The van der Waals surface area contributed by atoms with Crippen LogP contribution in [0.1, 0.15) is 24.5 Å². The number of amides is 2. The average molecular weight is 455 g/mol. The number of fused-ring (bicyclic) bond motifs is 1. The van der Waals surface area contributed by atoms with Crippen molar-refractivity contribution in [3.05, 3.63) is 59.8 Å². The van der Waals surface area contributed by atoms with Crippen molar-refractivity contribution in [2.75, 3.05) is 31.5 Å². The van der Waals surface area contributed by atoms with E-state index >= 15 is 0 Å². The van der Waals surface area contributed by atoms with E-state index in [1.807, 2.05) is 50.4 Å². The van der Waals surface area contributed by atoms with Crippen LogP contribution in [0.2, 0.25) is 0 Å². The van der Waals surface area contributed by atoms with Crippen molar-refractivity contribution in [2.24, 2.45) is 0 Å². The first kappa shape index (κ1) is 22.4. The Labute approximate surface area is 189 Å². The van der Waals surface area contributed by atoms with Gasteiger partial charge < -0.3 is 14.8 Å². The van der Waals surface area contributed by atoms with Gasteiger partial charge in [-0.05, 0) is 74.7 Å². The van der Waals surface area contributed by atoms with E-state index in [0.29, 0.717) is 31.0 Å². The smallest absolute Gasteiger partial charge is 0.321 e. The molecular weight excluding hydrogens is 424 g/mol. The zero-order valence-corrected chi connectivity index (χ0v) is 19.7. The maximum absolute atomic E-state index is 13.3. The Morgan fingerprint density at radius 2 is 1.78 bits per heavy atom. The van der Waals surface area contributed by atoms with E-state index in [0.717, 1.165) is 28.7 Å². The molecule has 1 fully saturated rings. The number of urea groups is 1. The van der Waals surface area contributed by atoms with Crippen LogP contribution in [0, 0.1) is 13.8 Å². The number of carbonyl (C=O) groups excluding carboxylic acids is 1. The zero-order chi connectivity index (χ0) is 22.9. The number of nitrogens with zero attached hydrogens (tertiary/aromatic N) is 3. The quantitative estimate of drug-likeness (QED) is 0.642.